The summed E-state index contributed by atoms with van der Waals surface area (Å²) >= 11 is 6.07. The molecular formula is C22H21ClN2O3. The quantitative estimate of drug-likeness (QED) is 0.672. The SMILES string of the molecule is CCc1ccc2oc(C(=O)N3CCN(c4cccc(Cl)c4)CC3)cc(=O)c2c1. The summed E-state index contributed by atoms with van der Waals surface area (Å²) in [7, 11) is 0. The van der Waals surface area contributed by atoms with Crippen molar-refractivity contribution >= 4 is 34.2 Å². The van der Waals surface area contributed by atoms with Crippen molar-refractivity contribution in [1.29, 1.82) is 0 Å². The second kappa shape index (κ2) is 7.68. The summed E-state index contributed by atoms with van der Waals surface area (Å²) in [5.74, 6) is -0.151. The van der Waals surface area contributed by atoms with Gasteiger partial charge in [-0.05, 0) is 42.3 Å². The van der Waals surface area contributed by atoms with Crippen molar-refractivity contribution in [2.45, 2.75) is 13.3 Å². The van der Waals surface area contributed by atoms with Crippen molar-refractivity contribution in [1.82, 2.24) is 4.90 Å². The van der Waals surface area contributed by atoms with E-state index in [1.54, 1.807) is 11.0 Å². The van der Waals surface area contributed by atoms with Gasteiger partial charge in [0.1, 0.15) is 5.58 Å². The first-order valence-corrected chi connectivity index (χ1v) is 9.79. The minimum atomic E-state index is -0.246. The molecule has 1 aliphatic rings. The predicted molar refractivity (Wildman–Crippen MR) is 111 cm³/mol. The Hall–Kier alpha value is -2.79. The number of aryl methyl sites for hydroxylation is 1. The molecule has 5 nitrogen and oxygen atoms in total. The Morgan fingerprint density at radius 2 is 1.86 bits per heavy atom. The Kier molecular flexibility index (Phi) is 5.09. The van der Waals surface area contributed by atoms with Gasteiger partial charge < -0.3 is 14.2 Å². The van der Waals surface area contributed by atoms with E-state index in [4.69, 9.17) is 16.0 Å². The van der Waals surface area contributed by atoms with Gasteiger partial charge in [0.05, 0.1) is 5.39 Å². The lowest BCUT2D eigenvalue weighted by atomic mass is 10.1. The molecular weight excluding hydrogens is 376 g/mol. The molecule has 3 aromatic rings. The number of halogens is 1. The van der Waals surface area contributed by atoms with Crippen LogP contribution in [0.1, 0.15) is 23.0 Å². The van der Waals surface area contributed by atoms with Gasteiger partial charge in [0.2, 0.25) is 0 Å². The van der Waals surface area contributed by atoms with Crippen LogP contribution in [-0.4, -0.2) is 37.0 Å². The molecule has 0 atom stereocenters. The maximum Gasteiger partial charge on any atom is 0.289 e. The first-order valence-electron chi connectivity index (χ1n) is 9.42. The lowest BCUT2D eigenvalue weighted by Gasteiger charge is -2.35. The van der Waals surface area contributed by atoms with E-state index in [2.05, 4.69) is 4.90 Å². The molecule has 2 aromatic carbocycles. The lowest BCUT2D eigenvalue weighted by molar-refractivity contribution is 0.0715. The van der Waals surface area contributed by atoms with Crippen LogP contribution in [-0.2, 0) is 6.42 Å². The maximum atomic E-state index is 12.9. The number of carbonyl (C=O) groups is 1. The number of rotatable bonds is 3. The Balaban J connectivity index is 1.52. The van der Waals surface area contributed by atoms with Crippen LogP contribution in [0, 0.1) is 0 Å². The van der Waals surface area contributed by atoms with Crippen LogP contribution in [0.2, 0.25) is 5.02 Å². The molecule has 0 bridgehead atoms. The molecule has 2 heterocycles. The molecule has 1 aromatic heterocycles. The highest BCUT2D eigenvalue weighted by Gasteiger charge is 2.24. The summed E-state index contributed by atoms with van der Waals surface area (Å²) in [4.78, 5) is 29.3. The molecule has 0 aliphatic carbocycles. The van der Waals surface area contributed by atoms with E-state index in [0.717, 1.165) is 17.7 Å². The fourth-order valence-electron chi connectivity index (χ4n) is 3.53. The first-order chi connectivity index (χ1) is 13.5. The van der Waals surface area contributed by atoms with Gasteiger partial charge in [-0.2, -0.15) is 0 Å². The molecule has 4 rings (SSSR count). The third-order valence-electron chi connectivity index (χ3n) is 5.15. The Labute approximate surface area is 168 Å². The van der Waals surface area contributed by atoms with E-state index in [9.17, 15) is 9.59 Å². The predicted octanol–water partition coefficient (Wildman–Crippen LogP) is 3.97. The average molecular weight is 397 g/mol. The van der Waals surface area contributed by atoms with E-state index in [1.807, 2.05) is 43.3 Å². The van der Waals surface area contributed by atoms with Crippen LogP contribution in [0.3, 0.4) is 0 Å². The van der Waals surface area contributed by atoms with E-state index < -0.39 is 0 Å². The number of nitrogens with zero attached hydrogens (tertiary/aromatic N) is 2. The topological polar surface area (TPSA) is 53.8 Å². The summed E-state index contributed by atoms with van der Waals surface area (Å²) in [5.41, 5.74) is 2.38. The molecule has 0 unspecified atom stereocenters. The number of amides is 1. The monoisotopic (exact) mass is 396 g/mol. The zero-order valence-electron chi connectivity index (χ0n) is 15.7. The molecule has 28 heavy (non-hydrogen) atoms. The first kappa shape index (κ1) is 18.6. The maximum absolute atomic E-state index is 12.9. The van der Waals surface area contributed by atoms with Crippen molar-refractivity contribution in [3.63, 3.8) is 0 Å². The second-order valence-corrected chi connectivity index (χ2v) is 7.35. The van der Waals surface area contributed by atoms with Gasteiger partial charge in [0.25, 0.3) is 5.91 Å². The number of hydrogen-bond donors (Lipinski definition) is 0. The van der Waals surface area contributed by atoms with E-state index in [-0.39, 0.29) is 17.1 Å². The largest absolute Gasteiger partial charge is 0.451 e. The zero-order valence-corrected chi connectivity index (χ0v) is 16.4. The fraction of sp³-hybridized carbons (Fsp3) is 0.273. The molecule has 0 N–H and O–H groups in total. The molecule has 0 radical (unpaired) electrons. The van der Waals surface area contributed by atoms with Gasteiger partial charge in [-0.15, -0.1) is 0 Å². The van der Waals surface area contributed by atoms with Gasteiger partial charge in [0.15, 0.2) is 11.2 Å². The molecule has 0 saturated carbocycles. The van der Waals surface area contributed by atoms with Crippen LogP contribution in [0.15, 0.2) is 57.7 Å². The lowest BCUT2D eigenvalue weighted by Crippen LogP contribution is -2.48. The summed E-state index contributed by atoms with van der Waals surface area (Å²) in [6.45, 7) is 4.54. The van der Waals surface area contributed by atoms with Crippen LogP contribution < -0.4 is 10.3 Å². The average Bonchev–Trinajstić information content (AvgIpc) is 2.73. The normalized spacial score (nSPS) is 14.5. The zero-order chi connectivity index (χ0) is 19.7. The molecule has 0 spiro atoms. The molecule has 1 saturated heterocycles. The number of fused-ring (bicyclic) bond motifs is 1. The third kappa shape index (κ3) is 3.62. The van der Waals surface area contributed by atoms with Crippen LogP contribution in [0.4, 0.5) is 5.69 Å². The van der Waals surface area contributed by atoms with Crippen LogP contribution in [0.5, 0.6) is 0 Å². The highest BCUT2D eigenvalue weighted by Crippen LogP contribution is 2.22. The smallest absolute Gasteiger partial charge is 0.289 e. The summed E-state index contributed by atoms with van der Waals surface area (Å²) in [6.07, 6.45) is 0.840. The summed E-state index contributed by atoms with van der Waals surface area (Å²) in [6, 6.07) is 14.5. The molecule has 144 valence electrons. The van der Waals surface area contributed by atoms with E-state index in [1.165, 1.54) is 6.07 Å². The molecule has 1 amide bonds. The van der Waals surface area contributed by atoms with E-state index >= 15 is 0 Å². The van der Waals surface area contributed by atoms with Gasteiger partial charge in [-0.25, -0.2) is 0 Å². The number of piperazine rings is 1. The molecule has 1 fully saturated rings. The van der Waals surface area contributed by atoms with Crippen LogP contribution >= 0.6 is 11.6 Å². The van der Waals surface area contributed by atoms with Crippen molar-refractivity contribution in [2.24, 2.45) is 0 Å². The second-order valence-electron chi connectivity index (χ2n) is 6.92. The van der Waals surface area contributed by atoms with Crippen molar-refractivity contribution in [3.05, 3.63) is 75.1 Å². The minimum absolute atomic E-state index is 0.0953. The minimum Gasteiger partial charge on any atom is -0.451 e. The number of benzene rings is 2. The Bertz CT molecular complexity index is 1080. The summed E-state index contributed by atoms with van der Waals surface area (Å²) in [5, 5.41) is 1.21. The van der Waals surface area contributed by atoms with Crippen molar-refractivity contribution in [2.75, 3.05) is 31.1 Å². The van der Waals surface area contributed by atoms with Gasteiger partial charge >= 0.3 is 0 Å². The fourth-order valence-corrected chi connectivity index (χ4v) is 3.71. The van der Waals surface area contributed by atoms with E-state index in [0.29, 0.717) is 42.2 Å². The van der Waals surface area contributed by atoms with Crippen molar-refractivity contribution in [3.8, 4) is 0 Å². The Morgan fingerprint density at radius 1 is 1.07 bits per heavy atom. The van der Waals surface area contributed by atoms with Gasteiger partial charge in [-0.1, -0.05) is 30.7 Å². The Morgan fingerprint density at radius 3 is 2.57 bits per heavy atom. The number of anilines is 1. The number of carbonyl (C=O) groups excluding carboxylic acids is 1. The standard InChI is InChI=1S/C22H21ClN2O3/c1-2-15-6-7-20-18(12-15)19(26)14-21(28-20)22(27)25-10-8-24(9-11-25)17-5-3-4-16(23)13-17/h3-7,12-14H,2,8-11H2,1H3. The molecule has 6 heteroatoms. The van der Waals surface area contributed by atoms with Gasteiger partial charge in [-0.3, -0.25) is 9.59 Å². The van der Waals surface area contributed by atoms with Gasteiger partial charge in [0, 0.05) is 43.0 Å². The number of hydrogen-bond acceptors (Lipinski definition) is 4. The van der Waals surface area contributed by atoms with Crippen LogP contribution in [0.25, 0.3) is 11.0 Å². The van der Waals surface area contributed by atoms with Crippen molar-refractivity contribution < 1.29 is 9.21 Å². The highest BCUT2D eigenvalue weighted by molar-refractivity contribution is 6.30. The highest BCUT2D eigenvalue weighted by atomic mass is 35.5. The summed E-state index contributed by atoms with van der Waals surface area (Å²) < 4.78 is 5.76. The third-order valence-corrected chi connectivity index (χ3v) is 5.39. The molecule has 1 aliphatic heterocycles.